The second-order valence-electron chi connectivity index (χ2n) is 5.41. The maximum Gasteiger partial charge on any atom is 0.120 e. The molecule has 1 N–H and O–H groups in total. The van der Waals surface area contributed by atoms with Crippen molar-refractivity contribution in [1.29, 1.82) is 0 Å². The number of halogens is 1. The molecule has 0 radical (unpaired) electrons. The molecule has 1 aromatic rings. The fraction of sp³-hybridized carbons (Fsp3) is 0.647. The van der Waals surface area contributed by atoms with Crippen LogP contribution in [0.4, 0.5) is 0 Å². The van der Waals surface area contributed by atoms with Gasteiger partial charge in [-0.25, -0.2) is 0 Å². The Labute approximate surface area is 128 Å². The van der Waals surface area contributed by atoms with Gasteiger partial charge in [-0.15, -0.1) is 0 Å². The SMILES string of the molecule is CCCCC(CC)CC(COc1cccc(Cl)c1)NC. The van der Waals surface area contributed by atoms with E-state index in [1.165, 1.54) is 32.1 Å². The van der Waals surface area contributed by atoms with E-state index in [1.807, 2.05) is 31.3 Å². The second-order valence-corrected chi connectivity index (χ2v) is 5.84. The highest BCUT2D eigenvalue weighted by Gasteiger charge is 2.14. The van der Waals surface area contributed by atoms with E-state index in [2.05, 4.69) is 19.2 Å². The molecule has 0 heterocycles. The zero-order valence-electron chi connectivity index (χ0n) is 13.0. The average Bonchev–Trinajstić information content (AvgIpc) is 2.47. The van der Waals surface area contributed by atoms with E-state index < -0.39 is 0 Å². The van der Waals surface area contributed by atoms with Gasteiger partial charge in [-0.1, -0.05) is 57.2 Å². The average molecular weight is 298 g/mol. The predicted octanol–water partition coefficient (Wildman–Crippen LogP) is 4.91. The monoisotopic (exact) mass is 297 g/mol. The maximum atomic E-state index is 5.96. The van der Waals surface area contributed by atoms with Crippen LogP contribution in [0.25, 0.3) is 0 Å². The first-order valence-electron chi connectivity index (χ1n) is 7.75. The molecule has 1 rings (SSSR count). The second kappa shape index (κ2) is 10.1. The van der Waals surface area contributed by atoms with Crippen LogP contribution in [0.3, 0.4) is 0 Å². The van der Waals surface area contributed by atoms with Gasteiger partial charge in [0, 0.05) is 11.1 Å². The van der Waals surface area contributed by atoms with Crippen molar-refractivity contribution < 1.29 is 4.74 Å². The summed E-state index contributed by atoms with van der Waals surface area (Å²) in [5, 5.41) is 4.09. The van der Waals surface area contributed by atoms with Crippen LogP contribution in [0.1, 0.15) is 46.0 Å². The summed E-state index contributed by atoms with van der Waals surface area (Å²) >= 11 is 5.96. The summed E-state index contributed by atoms with van der Waals surface area (Å²) in [6.07, 6.45) is 6.34. The fourth-order valence-electron chi connectivity index (χ4n) is 2.41. The van der Waals surface area contributed by atoms with Gasteiger partial charge in [0.2, 0.25) is 0 Å². The van der Waals surface area contributed by atoms with Crippen LogP contribution in [0.15, 0.2) is 24.3 Å². The summed E-state index contributed by atoms with van der Waals surface area (Å²) in [4.78, 5) is 0. The van der Waals surface area contributed by atoms with Gasteiger partial charge in [0.1, 0.15) is 12.4 Å². The summed E-state index contributed by atoms with van der Waals surface area (Å²) in [7, 11) is 2.01. The zero-order valence-corrected chi connectivity index (χ0v) is 13.7. The molecule has 0 bridgehead atoms. The van der Waals surface area contributed by atoms with Crippen LogP contribution >= 0.6 is 11.6 Å². The van der Waals surface area contributed by atoms with Crippen LogP contribution < -0.4 is 10.1 Å². The minimum atomic E-state index is 0.399. The molecule has 0 saturated heterocycles. The molecule has 0 aliphatic heterocycles. The molecule has 0 aliphatic carbocycles. The first-order valence-corrected chi connectivity index (χ1v) is 8.13. The number of nitrogens with one attached hydrogen (secondary N) is 1. The van der Waals surface area contributed by atoms with Crippen LogP contribution in [0.2, 0.25) is 5.02 Å². The van der Waals surface area contributed by atoms with E-state index in [9.17, 15) is 0 Å². The van der Waals surface area contributed by atoms with Crippen LogP contribution in [0.5, 0.6) is 5.75 Å². The molecule has 2 atom stereocenters. The van der Waals surface area contributed by atoms with Crippen molar-refractivity contribution in [2.24, 2.45) is 5.92 Å². The van der Waals surface area contributed by atoms with E-state index in [0.717, 1.165) is 16.7 Å². The number of unbranched alkanes of at least 4 members (excludes halogenated alkanes) is 1. The summed E-state index contributed by atoms with van der Waals surface area (Å²) in [6, 6.07) is 8.00. The quantitative estimate of drug-likeness (QED) is 0.662. The summed E-state index contributed by atoms with van der Waals surface area (Å²) < 4.78 is 5.84. The molecule has 0 fully saturated rings. The Bertz CT molecular complexity index is 370. The number of rotatable bonds is 10. The Hall–Kier alpha value is -0.730. The lowest BCUT2D eigenvalue weighted by Gasteiger charge is -2.22. The first-order chi connectivity index (χ1) is 9.69. The lowest BCUT2D eigenvalue weighted by atomic mass is 9.92. The van der Waals surface area contributed by atoms with Gasteiger partial charge in [0.25, 0.3) is 0 Å². The Morgan fingerprint density at radius 2 is 2.10 bits per heavy atom. The first kappa shape index (κ1) is 17.3. The third-order valence-electron chi connectivity index (χ3n) is 3.82. The van der Waals surface area contributed by atoms with E-state index in [-0.39, 0.29) is 0 Å². The molecule has 1 aromatic carbocycles. The van der Waals surface area contributed by atoms with Crippen LogP contribution in [-0.4, -0.2) is 19.7 Å². The number of hydrogen-bond acceptors (Lipinski definition) is 2. The molecular formula is C17H28ClNO. The standard InChI is InChI=1S/C17H28ClNO/c1-4-6-8-14(5-2)11-16(19-3)13-20-17-10-7-9-15(18)12-17/h7,9-10,12,14,16,19H,4-6,8,11,13H2,1-3H3. The molecule has 0 aliphatic rings. The van der Waals surface area contributed by atoms with Crippen molar-refractivity contribution >= 4 is 11.6 Å². The van der Waals surface area contributed by atoms with E-state index in [4.69, 9.17) is 16.3 Å². The molecule has 114 valence electrons. The molecule has 20 heavy (non-hydrogen) atoms. The van der Waals surface area contributed by atoms with Crippen LogP contribution in [-0.2, 0) is 0 Å². The van der Waals surface area contributed by atoms with Crippen molar-refractivity contribution in [3.8, 4) is 5.75 Å². The fourth-order valence-corrected chi connectivity index (χ4v) is 2.59. The van der Waals surface area contributed by atoms with Gasteiger partial charge < -0.3 is 10.1 Å². The van der Waals surface area contributed by atoms with Crippen molar-refractivity contribution in [1.82, 2.24) is 5.32 Å². The lowest BCUT2D eigenvalue weighted by molar-refractivity contribution is 0.238. The number of likely N-dealkylation sites (N-methyl/N-ethyl adjacent to an activating group) is 1. The summed E-state index contributed by atoms with van der Waals surface area (Å²) in [5.41, 5.74) is 0. The molecule has 0 saturated carbocycles. The number of hydrogen-bond donors (Lipinski definition) is 1. The minimum absolute atomic E-state index is 0.399. The van der Waals surface area contributed by atoms with Crippen molar-refractivity contribution in [3.63, 3.8) is 0 Å². The molecule has 2 unspecified atom stereocenters. The van der Waals surface area contributed by atoms with E-state index in [0.29, 0.717) is 12.6 Å². The largest absolute Gasteiger partial charge is 0.492 e. The topological polar surface area (TPSA) is 21.3 Å². The Morgan fingerprint density at radius 1 is 1.30 bits per heavy atom. The normalized spacial score (nSPS) is 14.0. The van der Waals surface area contributed by atoms with Gasteiger partial charge in [-0.3, -0.25) is 0 Å². The van der Waals surface area contributed by atoms with Crippen molar-refractivity contribution in [2.45, 2.75) is 52.0 Å². The molecule has 0 aromatic heterocycles. The molecule has 3 heteroatoms. The van der Waals surface area contributed by atoms with Gasteiger partial charge in [-0.2, -0.15) is 0 Å². The van der Waals surface area contributed by atoms with E-state index in [1.54, 1.807) is 0 Å². The third kappa shape index (κ3) is 6.62. The van der Waals surface area contributed by atoms with Gasteiger partial charge in [0.05, 0.1) is 0 Å². The maximum absolute atomic E-state index is 5.96. The van der Waals surface area contributed by atoms with Crippen molar-refractivity contribution in [2.75, 3.05) is 13.7 Å². The van der Waals surface area contributed by atoms with Gasteiger partial charge in [-0.05, 0) is 37.6 Å². The molecule has 0 amide bonds. The minimum Gasteiger partial charge on any atom is -0.492 e. The number of benzene rings is 1. The van der Waals surface area contributed by atoms with Crippen molar-refractivity contribution in [3.05, 3.63) is 29.3 Å². The lowest BCUT2D eigenvalue weighted by Crippen LogP contribution is -2.33. The Kier molecular flexibility index (Phi) is 8.72. The van der Waals surface area contributed by atoms with E-state index >= 15 is 0 Å². The smallest absolute Gasteiger partial charge is 0.120 e. The molecular weight excluding hydrogens is 270 g/mol. The van der Waals surface area contributed by atoms with Gasteiger partial charge in [0.15, 0.2) is 0 Å². The summed E-state index contributed by atoms with van der Waals surface area (Å²) in [6.45, 7) is 5.23. The number of ether oxygens (including phenoxy) is 1. The highest BCUT2D eigenvalue weighted by Crippen LogP contribution is 2.20. The highest BCUT2D eigenvalue weighted by atomic mass is 35.5. The third-order valence-corrected chi connectivity index (χ3v) is 4.05. The summed E-state index contributed by atoms with van der Waals surface area (Å²) in [5.74, 6) is 1.63. The predicted molar refractivity (Wildman–Crippen MR) is 87.7 cm³/mol. The molecule has 0 spiro atoms. The van der Waals surface area contributed by atoms with Crippen LogP contribution in [0, 0.1) is 5.92 Å². The van der Waals surface area contributed by atoms with Gasteiger partial charge >= 0.3 is 0 Å². The molecule has 2 nitrogen and oxygen atoms in total. The Morgan fingerprint density at radius 3 is 2.70 bits per heavy atom. The highest BCUT2D eigenvalue weighted by molar-refractivity contribution is 6.30. The Balaban J connectivity index is 2.41. The zero-order chi connectivity index (χ0) is 14.8.